The molecule has 0 radical (unpaired) electrons. The van der Waals surface area contributed by atoms with E-state index in [-0.39, 0.29) is 6.04 Å². The van der Waals surface area contributed by atoms with E-state index in [1.165, 1.54) is 10.4 Å². The van der Waals surface area contributed by atoms with Gasteiger partial charge in [0.15, 0.2) is 5.96 Å². The second-order valence-corrected chi connectivity index (χ2v) is 7.61. The fraction of sp³-hybridized carbons (Fsp3) is 0.350. The molecular weight excluding hydrogens is 356 g/mol. The Bertz CT molecular complexity index is 868. The number of aliphatic imine (C=N–C) groups is 1. The number of aryl methyl sites for hydroxylation is 1. The molecule has 2 N–H and O–H groups in total. The number of rotatable bonds is 7. The molecule has 142 valence electrons. The van der Waals surface area contributed by atoms with Crippen LogP contribution in [0.1, 0.15) is 35.3 Å². The molecule has 3 aromatic rings. The Labute approximate surface area is 164 Å². The largest absolute Gasteiger partial charge is 0.357 e. The van der Waals surface area contributed by atoms with Gasteiger partial charge >= 0.3 is 0 Å². The number of thiazole rings is 1. The quantitative estimate of drug-likeness (QED) is 0.485. The van der Waals surface area contributed by atoms with E-state index < -0.39 is 0 Å². The first-order valence-corrected chi connectivity index (χ1v) is 10.0. The zero-order valence-electron chi connectivity index (χ0n) is 16.0. The summed E-state index contributed by atoms with van der Waals surface area (Å²) in [6.45, 7) is 7.82. The number of benzene rings is 1. The molecule has 0 saturated carbocycles. The van der Waals surface area contributed by atoms with Gasteiger partial charge < -0.3 is 10.6 Å². The van der Waals surface area contributed by atoms with Gasteiger partial charge in [-0.1, -0.05) is 12.1 Å². The first kappa shape index (κ1) is 19.1. The summed E-state index contributed by atoms with van der Waals surface area (Å²) in [5.41, 5.74) is 2.23. The molecule has 2 aromatic heterocycles. The van der Waals surface area contributed by atoms with Gasteiger partial charge in [-0.15, -0.1) is 11.3 Å². The molecule has 0 spiro atoms. The topological polar surface area (TPSA) is 67.1 Å². The first-order valence-electron chi connectivity index (χ1n) is 9.22. The van der Waals surface area contributed by atoms with Crippen molar-refractivity contribution in [2.45, 2.75) is 33.2 Å². The lowest BCUT2D eigenvalue weighted by Crippen LogP contribution is -2.38. The van der Waals surface area contributed by atoms with Gasteiger partial charge in [0, 0.05) is 43.0 Å². The van der Waals surface area contributed by atoms with Gasteiger partial charge in [-0.3, -0.25) is 4.99 Å². The van der Waals surface area contributed by atoms with Gasteiger partial charge in [0.1, 0.15) is 0 Å². The van der Waals surface area contributed by atoms with Crippen LogP contribution in [0.3, 0.4) is 0 Å². The molecule has 0 amide bonds. The van der Waals surface area contributed by atoms with Crippen LogP contribution in [0.4, 0.5) is 0 Å². The van der Waals surface area contributed by atoms with Crippen LogP contribution in [-0.4, -0.2) is 33.8 Å². The maximum atomic E-state index is 4.70. The summed E-state index contributed by atoms with van der Waals surface area (Å²) < 4.78 is 1.87. The SMILES string of the molecule is CCNC(=NCCc1ncc(C)s1)NC(C)c1cccc(-n2cccn2)c1. The van der Waals surface area contributed by atoms with Crippen molar-refractivity contribution in [1.29, 1.82) is 0 Å². The zero-order valence-corrected chi connectivity index (χ0v) is 16.8. The number of aromatic nitrogens is 3. The molecular formula is C20H26N6S. The predicted octanol–water partition coefficient (Wildman–Crippen LogP) is 3.50. The average molecular weight is 383 g/mol. The lowest BCUT2D eigenvalue weighted by atomic mass is 10.1. The Kier molecular flexibility index (Phi) is 6.59. The molecule has 3 rings (SSSR count). The van der Waals surface area contributed by atoms with E-state index in [1.807, 2.05) is 23.1 Å². The van der Waals surface area contributed by atoms with Gasteiger partial charge in [0.2, 0.25) is 0 Å². The van der Waals surface area contributed by atoms with Crippen molar-refractivity contribution in [3.8, 4) is 5.69 Å². The van der Waals surface area contributed by atoms with Crippen LogP contribution in [-0.2, 0) is 6.42 Å². The van der Waals surface area contributed by atoms with Crippen LogP contribution >= 0.6 is 11.3 Å². The molecule has 1 aromatic carbocycles. The number of nitrogens with one attached hydrogen (secondary N) is 2. The monoisotopic (exact) mass is 382 g/mol. The Morgan fingerprint density at radius 2 is 2.22 bits per heavy atom. The molecule has 1 unspecified atom stereocenters. The summed E-state index contributed by atoms with van der Waals surface area (Å²) >= 11 is 1.73. The van der Waals surface area contributed by atoms with Crippen LogP contribution < -0.4 is 10.6 Å². The highest BCUT2D eigenvalue weighted by molar-refractivity contribution is 7.11. The number of hydrogen-bond donors (Lipinski definition) is 2. The second kappa shape index (κ2) is 9.32. The first-order chi connectivity index (χ1) is 13.2. The zero-order chi connectivity index (χ0) is 19.1. The van der Waals surface area contributed by atoms with E-state index >= 15 is 0 Å². The van der Waals surface area contributed by atoms with E-state index in [0.717, 1.165) is 29.6 Å². The molecule has 0 aliphatic rings. The van der Waals surface area contributed by atoms with E-state index in [9.17, 15) is 0 Å². The summed E-state index contributed by atoms with van der Waals surface area (Å²) in [5.74, 6) is 0.822. The minimum absolute atomic E-state index is 0.125. The van der Waals surface area contributed by atoms with E-state index in [1.54, 1.807) is 17.5 Å². The molecule has 0 fully saturated rings. The molecule has 6 nitrogen and oxygen atoms in total. The lowest BCUT2D eigenvalue weighted by molar-refractivity contribution is 0.684. The highest BCUT2D eigenvalue weighted by atomic mass is 32.1. The van der Waals surface area contributed by atoms with Crippen molar-refractivity contribution < 1.29 is 0 Å². The van der Waals surface area contributed by atoms with E-state index in [2.05, 4.69) is 65.8 Å². The van der Waals surface area contributed by atoms with Crippen LogP contribution in [0, 0.1) is 6.92 Å². The Hall–Kier alpha value is -2.67. The van der Waals surface area contributed by atoms with E-state index in [4.69, 9.17) is 4.99 Å². The molecule has 0 bridgehead atoms. The van der Waals surface area contributed by atoms with Crippen molar-refractivity contribution in [1.82, 2.24) is 25.4 Å². The van der Waals surface area contributed by atoms with Crippen LogP contribution in [0.5, 0.6) is 0 Å². The summed E-state index contributed by atoms with van der Waals surface area (Å²) in [6.07, 6.45) is 6.51. The summed E-state index contributed by atoms with van der Waals surface area (Å²) in [4.78, 5) is 10.3. The standard InChI is InChI=1S/C20H26N6S/c1-4-21-20(22-11-9-19-23-14-15(2)27-19)25-16(3)17-7-5-8-18(13-17)26-12-6-10-24-26/h5-8,10,12-14,16H,4,9,11H2,1-3H3,(H2,21,22,25). The Morgan fingerprint density at radius 1 is 1.33 bits per heavy atom. The molecule has 2 heterocycles. The molecule has 27 heavy (non-hydrogen) atoms. The minimum atomic E-state index is 0.125. The average Bonchev–Trinajstić information content (AvgIpc) is 3.34. The fourth-order valence-corrected chi connectivity index (χ4v) is 3.52. The molecule has 7 heteroatoms. The molecule has 0 saturated heterocycles. The Morgan fingerprint density at radius 3 is 2.93 bits per heavy atom. The fourth-order valence-electron chi connectivity index (χ4n) is 2.75. The highest BCUT2D eigenvalue weighted by Crippen LogP contribution is 2.16. The van der Waals surface area contributed by atoms with Crippen molar-refractivity contribution in [2.24, 2.45) is 4.99 Å². The van der Waals surface area contributed by atoms with Crippen LogP contribution in [0.15, 0.2) is 53.9 Å². The molecule has 1 atom stereocenters. The Balaban J connectivity index is 1.64. The third-order valence-electron chi connectivity index (χ3n) is 4.10. The third kappa shape index (κ3) is 5.40. The third-order valence-corrected chi connectivity index (χ3v) is 5.07. The summed E-state index contributed by atoms with van der Waals surface area (Å²) in [5, 5.41) is 12.2. The van der Waals surface area contributed by atoms with Gasteiger partial charge in [-0.25, -0.2) is 9.67 Å². The van der Waals surface area contributed by atoms with Gasteiger partial charge in [0.25, 0.3) is 0 Å². The van der Waals surface area contributed by atoms with Crippen LogP contribution in [0.25, 0.3) is 5.69 Å². The van der Waals surface area contributed by atoms with Crippen molar-refractivity contribution in [3.05, 3.63) is 64.4 Å². The highest BCUT2D eigenvalue weighted by Gasteiger charge is 2.09. The van der Waals surface area contributed by atoms with Crippen molar-refractivity contribution >= 4 is 17.3 Å². The molecule has 0 aliphatic carbocycles. The van der Waals surface area contributed by atoms with Crippen molar-refractivity contribution in [2.75, 3.05) is 13.1 Å². The normalized spacial score (nSPS) is 12.8. The molecule has 0 aliphatic heterocycles. The summed E-state index contributed by atoms with van der Waals surface area (Å²) in [7, 11) is 0. The van der Waals surface area contributed by atoms with Crippen LogP contribution in [0.2, 0.25) is 0 Å². The van der Waals surface area contributed by atoms with Crippen molar-refractivity contribution in [3.63, 3.8) is 0 Å². The number of nitrogens with zero attached hydrogens (tertiary/aromatic N) is 4. The predicted molar refractivity (Wildman–Crippen MR) is 112 cm³/mol. The number of hydrogen-bond acceptors (Lipinski definition) is 4. The minimum Gasteiger partial charge on any atom is -0.357 e. The van der Waals surface area contributed by atoms with Gasteiger partial charge in [-0.05, 0) is 44.5 Å². The van der Waals surface area contributed by atoms with E-state index in [0.29, 0.717) is 6.54 Å². The summed E-state index contributed by atoms with van der Waals surface area (Å²) in [6, 6.07) is 10.4. The lowest BCUT2D eigenvalue weighted by Gasteiger charge is -2.19. The second-order valence-electron chi connectivity index (χ2n) is 6.29. The smallest absolute Gasteiger partial charge is 0.191 e. The van der Waals surface area contributed by atoms with Gasteiger partial charge in [-0.2, -0.15) is 5.10 Å². The maximum absolute atomic E-state index is 4.70. The van der Waals surface area contributed by atoms with Gasteiger partial charge in [0.05, 0.1) is 16.7 Å². The maximum Gasteiger partial charge on any atom is 0.191 e. The number of guanidine groups is 1.